The van der Waals surface area contributed by atoms with Crippen LogP contribution in [-0.2, 0) is 10.0 Å². The van der Waals surface area contributed by atoms with Crippen molar-refractivity contribution in [2.75, 3.05) is 10.5 Å². The lowest BCUT2D eigenvalue weighted by Gasteiger charge is -2.14. The van der Waals surface area contributed by atoms with Gasteiger partial charge in [-0.25, -0.2) is 12.8 Å². The molecule has 0 saturated heterocycles. The van der Waals surface area contributed by atoms with Gasteiger partial charge < -0.3 is 5.73 Å². The van der Waals surface area contributed by atoms with Gasteiger partial charge in [0.15, 0.2) is 0 Å². The number of nitrogen functional groups attached to an aromatic ring is 1. The second-order valence-corrected chi connectivity index (χ2v) is 6.16. The van der Waals surface area contributed by atoms with Crippen molar-refractivity contribution in [3.8, 4) is 0 Å². The van der Waals surface area contributed by atoms with Crippen LogP contribution >= 0.6 is 0 Å². The van der Waals surface area contributed by atoms with E-state index in [9.17, 15) is 12.8 Å². The molecule has 106 valence electrons. The lowest BCUT2D eigenvalue weighted by atomic mass is 10.1. The number of rotatable bonds is 3. The predicted octanol–water partition coefficient (Wildman–Crippen LogP) is 2.22. The van der Waals surface area contributed by atoms with Gasteiger partial charge in [-0.3, -0.25) is 9.71 Å². The number of benzene rings is 1. The SMILES string of the molecule is Cc1cc(N)cc(C)c1NS(=O)(=O)c1cncc(F)c1. The van der Waals surface area contributed by atoms with E-state index < -0.39 is 15.8 Å². The summed E-state index contributed by atoms with van der Waals surface area (Å²) in [6.07, 6.45) is 2.03. The topological polar surface area (TPSA) is 85.1 Å². The zero-order chi connectivity index (χ0) is 14.9. The summed E-state index contributed by atoms with van der Waals surface area (Å²) in [5.41, 5.74) is 8.05. The van der Waals surface area contributed by atoms with Gasteiger partial charge in [0.05, 0.1) is 11.9 Å². The average molecular weight is 295 g/mol. The smallest absolute Gasteiger partial charge is 0.263 e. The van der Waals surface area contributed by atoms with Crippen molar-refractivity contribution in [1.82, 2.24) is 4.98 Å². The van der Waals surface area contributed by atoms with Crippen molar-refractivity contribution in [3.63, 3.8) is 0 Å². The second kappa shape index (κ2) is 5.09. The fourth-order valence-corrected chi connectivity index (χ4v) is 3.07. The van der Waals surface area contributed by atoms with Crippen molar-refractivity contribution in [1.29, 1.82) is 0 Å². The molecule has 0 radical (unpaired) electrons. The van der Waals surface area contributed by atoms with Gasteiger partial charge in [-0.2, -0.15) is 0 Å². The molecule has 5 nitrogen and oxygen atoms in total. The number of aryl methyl sites for hydroxylation is 2. The Kier molecular flexibility index (Phi) is 3.63. The van der Waals surface area contributed by atoms with Crippen LogP contribution in [0.3, 0.4) is 0 Å². The highest BCUT2D eigenvalue weighted by Gasteiger charge is 2.17. The van der Waals surface area contributed by atoms with Crippen LogP contribution < -0.4 is 10.5 Å². The molecule has 0 aliphatic heterocycles. The highest BCUT2D eigenvalue weighted by Crippen LogP contribution is 2.26. The summed E-state index contributed by atoms with van der Waals surface area (Å²) in [5, 5.41) is 0. The number of pyridine rings is 1. The van der Waals surface area contributed by atoms with Gasteiger partial charge >= 0.3 is 0 Å². The zero-order valence-electron chi connectivity index (χ0n) is 11.0. The Labute approximate surface area is 116 Å². The number of hydrogen-bond donors (Lipinski definition) is 2. The lowest BCUT2D eigenvalue weighted by molar-refractivity contribution is 0.592. The molecule has 1 aromatic carbocycles. The van der Waals surface area contributed by atoms with Gasteiger partial charge in [0.1, 0.15) is 10.7 Å². The lowest BCUT2D eigenvalue weighted by Crippen LogP contribution is -2.15. The molecule has 0 spiro atoms. The van der Waals surface area contributed by atoms with E-state index in [4.69, 9.17) is 5.73 Å². The van der Waals surface area contributed by atoms with Crippen LogP contribution in [-0.4, -0.2) is 13.4 Å². The third-order valence-corrected chi connectivity index (χ3v) is 4.10. The van der Waals surface area contributed by atoms with Crippen molar-refractivity contribution in [2.45, 2.75) is 18.7 Å². The molecule has 1 aromatic heterocycles. The van der Waals surface area contributed by atoms with Gasteiger partial charge in [0.2, 0.25) is 0 Å². The van der Waals surface area contributed by atoms with Crippen molar-refractivity contribution >= 4 is 21.4 Å². The maximum Gasteiger partial charge on any atom is 0.263 e. The van der Waals surface area contributed by atoms with Crippen LogP contribution in [0.2, 0.25) is 0 Å². The number of sulfonamides is 1. The number of nitrogens with one attached hydrogen (secondary N) is 1. The van der Waals surface area contributed by atoms with Crippen LogP contribution in [0.5, 0.6) is 0 Å². The fourth-order valence-electron chi connectivity index (χ4n) is 1.89. The van der Waals surface area contributed by atoms with Crippen molar-refractivity contribution in [2.24, 2.45) is 0 Å². The van der Waals surface area contributed by atoms with E-state index in [0.717, 1.165) is 18.5 Å². The molecule has 0 aliphatic carbocycles. The molecule has 0 unspecified atom stereocenters. The predicted molar refractivity (Wildman–Crippen MR) is 75.3 cm³/mol. The third kappa shape index (κ3) is 2.88. The monoisotopic (exact) mass is 295 g/mol. The second-order valence-electron chi connectivity index (χ2n) is 4.47. The van der Waals surface area contributed by atoms with Crippen LogP contribution in [0.25, 0.3) is 0 Å². The minimum Gasteiger partial charge on any atom is -0.399 e. The summed E-state index contributed by atoms with van der Waals surface area (Å²) in [6, 6.07) is 4.24. The first-order valence-electron chi connectivity index (χ1n) is 5.80. The quantitative estimate of drug-likeness (QED) is 0.850. The molecule has 0 bridgehead atoms. The normalized spacial score (nSPS) is 11.3. The number of nitrogens with zero attached hydrogens (tertiary/aromatic N) is 1. The van der Waals surface area contributed by atoms with Crippen LogP contribution in [0.4, 0.5) is 15.8 Å². The van der Waals surface area contributed by atoms with E-state index in [1.165, 1.54) is 0 Å². The number of hydrogen-bond acceptors (Lipinski definition) is 4. The van der Waals surface area contributed by atoms with E-state index in [2.05, 4.69) is 9.71 Å². The first-order valence-corrected chi connectivity index (χ1v) is 7.28. The number of anilines is 2. The summed E-state index contributed by atoms with van der Waals surface area (Å²) in [7, 11) is -3.89. The number of nitrogens with two attached hydrogens (primary N) is 1. The van der Waals surface area contributed by atoms with Crippen LogP contribution in [0.1, 0.15) is 11.1 Å². The minimum absolute atomic E-state index is 0.229. The minimum atomic E-state index is -3.89. The first-order chi connectivity index (χ1) is 9.29. The Bertz CT molecular complexity index is 737. The Morgan fingerprint density at radius 1 is 1.15 bits per heavy atom. The largest absolute Gasteiger partial charge is 0.399 e. The zero-order valence-corrected chi connectivity index (χ0v) is 11.8. The maximum absolute atomic E-state index is 13.1. The Morgan fingerprint density at radius 3 is 2.30 bits per heavy atom. The van der Waals surface area contributed by atoms with E-state index in [1.807, 2.05) is 0 Å². The Hall–Kier alpha value is -2.15. The molecule has 2 aromatic rings. The van der Waals surface area contributed by atoms with Gasteiger partial charge in [-0.15, -0.1) is 0 Å². The molecule has 0 amide bonds. The molecule has 3 N–H and O–H groups in total. The van der Waals surface area contributed by atoms with Gasteiger partial charge in [-0.1, -0.05) is 0 Å². The average Bonchev–Trinajstić information content (AvgIpc) is 2.34. The molecular formula is C13H14FN3O2S. The summed E-state index contributed by atoms with van der Waals surface area (Å²) < 4.78 is 39.9. The van der Waals surface area contributed by atoms with Gasteiger partial charge in [0.25, 0.3) is 10.0 Å². The fraction of sp³-hybridized carbons (Fsp3) is 0.154. The number of aromatic nitrogens is 1. The van der Waals surface area contributed by atoms with E-state index in [-0.39, 0.29) is 4.90 Å². The highest BCUT2D eigenvalue weighted by molar-refractivity contribution is 7.92. The van der Waals surface area contributed by atoms with E-state index in [0.29, 0.717) is 22.5 Å². The molecule has 0 aliphatic rings. The first kappa shape index (κ1) is 14.3. The molecule has 1 heterocycles. The van der Waals surface area contributed by atoms with Crippen molar-refractivity contribution in [3.05, 3.63) is 47.5 Å². The van der Waals surface area contributed by atoms with E-state index in [1.54, 1.807) is 26.0 Å². The highest BCUT2D eigenvalue weighted by atomic mass is 32.2. The number of halogens is 1. The molecular weight excluding hydrogens is 281 g/mol. The summed E-state index contributed by atoms with van der Waals surface area (Å²) >= 11 is 0. The van der Waals surface area contributed by atoms with Gasteiger partial charge in [-0.05, 0) is 43.2 Å². The van der Waals surface area contributed by atoms with Crippen LogP contribution in [0, 0.1) is 19.7 Å². The third-order valence-electron chi connectivity index (χ3n) is 2.78. The molecule has 0 fully saturated rings. The summed E-state index contributed by atoms with van der Waals surface area (Å²) in [5.74, 6) is -0.710. The maximum atomic E-state index is 13.1. The molecule has 0 atom stereocenters. The molecule has 20 heavy (non-hydrogen) atoms. The molecule has 2 rings (SSSR count). The Morgan fingerprint density at radius 2 is 1.75 bits per heavy atom. The summed E-state index contributed by atoms with van der Waals surface area (Å²) in [4.78, 5) is 3.31. The van der Waals surface area contributed by atoms with E-state index >= 15 is 0 Å². The standard InChI is InChI=1S/C13H14FN3O2S/c1-8-3-11(15)4-9(2)13(8)17-20(18,19)12-5-10(14)6-16-7-12/h3-7,17H,15H2,1-2H3. The van der Waals surface area contributed by atoms with Gasteiger partial charge in [0, 0.05) is 11.9 Å². The summed E-state index contributed by atoms with van der Waals surface area (Å²) in [6.45, 7) is 3.48. The van der Waals surface area contributed by atoms with Crippen molar-refractivity contribution < 1.29 is 12.8 Å². The Balaban J connectivity index is 2.44. The molecule has 0 saturated carbocycles. The van der Waals surface area contributed by atoms with Crippen LogP contribution in [0.15, 0.2) is 35.5 Å². The molecule has 7 heteroatoms.